The van der Waals surface area contributed by atoms with Crippen LogP contribution in [0.4, 0.5) is 13.2 Å². The average Bonchev–Trinajstić information content (AvgIpc) is 2.01. The van der Waals surface area contributed by atoms with Gasteiger partial charge in [-0.15, -0.1) is 0 Å². The second-order valence-corrected chi connectivity index (χ2v) is 4.32. The lowest BCUT2D eigenvalue weighted by Gasteiger charge is -2.06. The molecule has 14 heavy (non-hydrogen) atoms. The van der Waals surface area contributed by atoms with Crippen molar-refractivity contribution >= 4 is 27.7 Å². The normalized spacial score (nSPS) is 11.1. The maximum absolute atomic E-state index is 12.0. The van der Waals surface area contributed by atoms with Gasteiger partial charge in [0.1, 0.15) is 6.07 Å². The number of nitrogens with zero attached hydrogens (tertiary/aromatic N) is 1. The summed E-state index contributed by atoms with van der Waals surface area (Å²) in [6, 6.07) is 5.85. The van der Waals surface area contributed by atoms with E-state index in [4.69, 9.17) is 5.26 Å². The van der Waals surface area contributed by atoms with Gasteiger partial charge in [-0.25, -0.2) is 0 Å². The smallest absolute Gasteiger partial charge is 0.192 e. The van der Waals surface area contributed by atoms with Gasteiger partial charge in [0.15, 0.2) is 0 Å². The minimum absolute atomic E-state index is 0.0236. The molecule has 0 aliphatic heterocycles. The second-order valence-electron chi connectivity index (χ2n) is 2.30. The van der Waals surface area contributed by atoms with Crippen LogP contribution in [0.5, 0.6) is 0 Å². The summed E-state index contributed by atoms with van der Waals surface area (Å²) in [5.74, 6) is 0. The van der Waals surface area contributed by atoms with E-state index in [-0.39, 0.29) is 22.2 Å². The van der Waals surface area contributed by atoms with Crippen molar-refractivity contribution in [3.05, 3.63) is 28.2 Å². The fourth-order valence-corrected chi connectivity index (χ4v) is 1.97. The lowest BCUT2D eigenvalue weighted by atomic mass is 10.2. The Hall–Kier alpha value is -0.670. The Morgan fingerprint density at radius 3 is 2.50 bits per heavy atom. The van der Waals surface area contributed by atoms with E-state index in [1.165, 1.54) is 18.2 Å². The molecule has 0 atom stereocenters. The molecule has 0 saturated carbocycles. The number of nitriles is 1. The van der Waals surface area contributed by atoms with E-state index in [0.29, 0.717) is 4.47 Å². The molecule has 0 aliphatic carbocycles. The first-order chi connectivity index (χ1) is 6.42. The number of thioether (sulfide) groups is 1. The fourth-order valence-electron chi connectivity index (χ4n) is 0.798. The number of rotatable bonds is 1. The van der Waals surface area contributed by atoms with Crippen LogP contribution in [0.2, 0.25) is 0 Å². The first-order valence-corrected chi connectivity index (χ1v) is 4.99. The van der Waals surface area contributed by atoms with Gasteiger partial charge < -0.3 is 0 Å². The third kappa shape index (κ3) is 3.24. The summed E-state index contributed by atoms with van der Waals surface area (Å²) >= 11 is 2.76. The molecule has 1 aromatic carbocycles. The van der Waals surface area contributed by atoms with Gasteiger partial charge in [0, 0.05) is 9.37 Å². The molecular weight excluding hydrogens is 279 g/mol. The molecule has 0 N–H and O–H groups in total. The zero-order valence-corrected chi connectivity index (χ0v) is 9.00. The predicted molar refractivity (Wildman–Crippen MR) is 50.8 cm³/mol. The first kappa shape index (κ1) is 11.4. The van der Waals surface area contributed by atoms with Crippen molar-refractivity contribution in [2.24, 2.45) is 0 Å². The minimum Gasteiger partial charge on any atom is -0.192 e. The van der Waals surface area contributed by atoms with Gasteiger partial charge in [0.2, 0.25) is 0 Å². The quantitative estimate of drug-likeness (QED) is 0.728. The van der Waals surface area contributed by atoms with E-state index in [1.807, 2.05) is 0 Å². The lowest BCUT2D eigenvalue weighted by Crippen LogP contribution is -2.00. The van der Waals surface area contributed by atoms with E-state index in [0.717, 1.165) is 0 Å². The van der Waals surface area contributed by atoms with Crippen LogP contribution in [0.15, 0.2) is 27.6 Å². The van der Waals surface area contributed by atoms with Crippen molar-refractivity contribution < 1.29 is 13.2 Å². The fraction of sp³-hybridized carbons (Fsp3) is 0.125. The van der Waals surface area contributed by atoms with Crippen molar-refractivity contribution in [2.75, 3.05) is 0 Å². The van der Waals surface area contributed by atoms with Crippen LogP contribution in [-0.2, 0) is 0 Å². The van der Waals surface area contributed by atoms with Gasteiger partial charge >= 0.3 is 5.51 Å². The molecule has 0 aliphatic rings. The Morgan fingerprint density at radius 2 is 2.00 bits per heavy atom. The molecule has 0 heterocycles. The van der Waals surface area contributed by atoms with Crippen LogP contribution in [-0.4, -0.2) is 5.51 Å². The van der Waals surface area contributed by atoms with Gasteiger partial charge in [0.25, 0.3) is 0 Å². The van der Waals surface area contributed by atoms with E-state index < -0.39 is 5.51 Å². The average molecular weight is 282 g/mol. The van der Waals surface area contributed by atoms with Gasteiger partial charge in [-0.2, -0.15) is 18.4 Å². The summed E-state index contributed by atoms with van der Waals surface area (Å²) in [5, 5.41) is 8.56. The van der Waals surface area contributed by atoms with Crippen molar-refractivity contribution in [1.82, 2.24) is 0 Å². The minimum atomic E-state index is -4.37. The van der Waals surface area contributed by atoms with Crippen LogP contribution in [0, 0.1) is 11.3 Å². The van der Waals surface area contributed by atoms with Crippen molar-refractivity contribution in [3.63, 3.8) is 0 Å². The van der Waals surface area contributed by atoms with Gasteiger partial charge in [-0.3, -0.25) is 0 Å². The molecular formula is C8H3BrF3NS. The monoisotopic (exact) mass is 281 g/mol. The Kier molecular flexibility index (Phi) is 3.45. The van der Waals surface area contributed by atoms with Crippen LogP contribution in [0.3, 0.4) is 0 Å². The highest BCUT2D eigenvalue weighted by Gasteiger charge is 2.30. The molecule has 0 fully saturated rings. The molecule has 1 aromatic rings. The highest BCUT2D eigenvalue weighted by atomic mass is 79.9. The third-order valence-electron chi connectivity index (χ3n) is 1.29. The second kappa shape index (κ2) is 4.24. The maximum Gasteiger partial charge on any atom is 0.446 e. The standard InChI is InChI=1S/C8H3BrF3NS/c9-6-2-1-5(4-13)7(3-6)14-8(10,11)12/h1-3H. The summed E-state index contributed by atoms with van der Waals surface area (Å²) in [6.45, 7) is 0. The summed E-state index contributed by atoms with van der Waals surface area (Å²) < 4.78 is 36.6. The zero-order chi connectivity index (χ0) is 10.8. The topological polar surface area (TPSA) is 23.8 Å². The number of benzene rings is 1. The van der Waals surface area contributed by atoms with Gasteiger partial charge in [-0.1, -0.05) is 15.9 Å². The molecule has 0 spiro atoms. The Balaban J connectivity index is 3.07. The molecule has 0 unspecified atom stereocenters. The highest BCUT2D eigenvalue weighted by Crippen LogP contribution is 2.39. The molecule has 6 heteroatoms. The Morgan fingerprint density at radius 1 is 1.36 bits per heavy atom. The zero-order valence-electron chi connectivity index (χ0n) is 6.60. The van der Waals surface area contributed by atoms with Crippen LogP contribution in [0.1, 0.15) is 5.56 Å². The predicted octanol–water partition coefficient (Wildman–Crippen LogP) is 3.93. The van der Waals surface area contributed by atoms with Crippen LogP contribution >= 0.6 is 27.7 Å². The van der Waals surface area contributed by atoms with E-state index >= 15 is 0 Å². The molecule has 0 aromatic heterocycles. The van der Waals surface area contributed by atoms with E-state index in [1.54, 1.807) is 6.07 Å². The molecule has 0 bridgehead atoms. The lowest BCUT2D eigenvalue weighted by molar-refractivity contribution is -0.0328. The van der Waals surface area contributed by atoms with Crippen molar-refractivity contribution in [3.8, 4) is 6.07 Å². The summed E-state index contributed by atoms with van der Waals surface area (Å²) in [5.41, 5.74) is -4.35. The highest BCUT2D eigenvalue weighted by molar-refractivity contribution is 9.10. The Labute approximate surface area is 91.0 Å². The van der Waals surface area contributed by atoms with Gasteiger partial charge in [-0.05, 0) is 30.0 Å². The molecule has 0 radical (unpaired) electrons. The molecule has 0 amide bonds. The SMILES string of the molecule is N#Cc1ccc(Br)cc1SC(F)(F)F. The van der Waals surface area contributed by atoms with Crippen LogP contribution in [0.25, 0.3) is 0 Å². The summed E-state index contributed by atoms with van der Waals surface area (Å²) in [6.07, 6.45) is 0. The van der Waals surface area contributed by atoms with Gasteiger partial charge in [0.05, 0.1) is 5.56 Å². The summed E-state index contributed by atoms with van der Waals surface area (Å²) in [7, 11) is 0. The molecule has 1 rings (SSSR count). The Bertz CT molecular complexity index is 383. The van der Waals surface area contributed by atoms with Crippen molar-refractivity contribution in [2.45, 2.75) is 10.4 Å². The maximum atomic E-state index is 12.0. The number of halogens is 4. The molecule has 0 saturated heterocycles. The number of hydrogen-bond acceptors (Lipinski definition) is 2. The third-order valence-corrected chi connectivity index (χ3v) is 2.57. The summed E-state index contributed by atoms with van der Waals surface area (Å²) in [4.78, 5) is -0.0885. The largest absolute Gasteiger partial charge is 0.446 e. The number of hydrogen-bond donors (Lipinski definition) is 0. The number of alkyl halides is 3. The van der Waals surface area contributed by atoms with Crippen LogP contribution < -0.4 is 0 Å². The molecule has 74 valence electrons. The van der Waals surface area contributed by atoms with E-state index in [9.17, 15) is 13.2 Å². The first-order valence-electron chi connectivity index (χ1n) is 3.38. The van der Waals surface area contributed by atoms with E-state index in [2.05, 4.69) is 15.9 Å². The molecule has 1 nitrogen and oxygen atoms in total. The van der Waals surface area contributed by atoms with Crippen molar-refractivity contribution in [1.29, 1.82) is 5.26 Å².